The van der Waals surface area contributed by atoms with Gasteiger partial charge in [-0.3, -0.25) is 4.79 Å². The number of phenolic OH excluding ortho intramolecular Hbond substituents is 1. The van der Waals surface area contributed by atoms with Crippen LogP contribution in [0.15, 0.2) is 48.5 Å². The molecule has 3 aliphatic rings. The Labute approximate surface area is 226 Å². The minimum absolute atomic E-state index is 0.0312. The number of carbonyl (C=O) groups is 2. The average molecular weight is 523 g/mol. The molecule has 0 spiro atoms. The fourth-order valence-electron chi connectivity index (χ4n) is 5.05. The van der Waals surface area contributed by atoms with Gasteiger partial charge < -0.3 is 29.9 Å². The molecule has 2 saturated heterocycles. The Morgan fingerprint density at radius 1 is 0.974 bits per heavy atom. The van der Waals surface area contributed by atoms with Gasteiger partial charge in [0, 0.05) is 64.0 Å². The Morgan fingerprint density at radius 3 is 2.32 bits per heavy atom. The summed E-state index contributed by atoms with van der Waals surface area (Å²) in [4.78, 5) is 30.6. The summed E-state index contributed by atoms with van der Waals surface area (Å²) in [7, 11) is 0. The van der Waals surface area contributed by atoms with Crippen LogP contribution in [0.25, 0.3) is 0 Å². The zero-order valence-electron chi connectivity index (χ0n) is 22.8. The van der Waals surface area contributed by atoms with Crippen LogP contribution in [0.4, 0.5) is 4.79 Å². The summed E-state index contributed by atoms with van der Waals surface area (Å²) in [5.41, 5.74) is 2.64. The minimum Gasteiger partial charge on any atom is -0.508 e. The number of hydrogen-bond acceptors (Lipinski definition) is 6. The van der Waals surface area contributed by atoms with Crippen LogP contribution in [0.3, 0.4) is 0 Å². The first-order valence-corrected chi connectivity index (χ1v) is 13.9. The van der Waals surface area contributed by atoms with Crippen molar-refractivity contribution in [3.63, 3.8) is 0 Å². The molecule has 206 valence electrons. The zero-order valence-corrected chi connectivity index (χ0v) is 22.8. The van der Waals surface area contributed by atoms with Gasteiger partial charge in [0.25, 0.3) is 5.91 Å². The van der Waals surface area contributed by atoms with E-state index in [2.05, 4.69) is 17.1 Å². The molecule has 0 radical (unpaired) electrons. The van der Waals surface area contributed by atoms with Gasteiger partial charge in [-0.2, -0.15) is 0 Å². The van der Waals surface area contributed by atoms with Crippen molar-refractivity contribution in [3.05, 3.63) is 65.2 Å². The molecule has 8 heteroatoms. The number of aromatic hydroxyl groups is 1. The summed E-state index contributed by atoms with van der Waals surface area (Å²) in [5.74, 6) is 1.26. The van der Waals surface area contributed by atoms with E-state index in [1.807, 2.05) is 36.4 Å². The van der Waals surface area contributed by atoms with E-state index in [0.29, 0.717) is 50.8 Å². The molecule has 3 fully saturated rings. The van der Waals surface area contributed by atoms with Crippen molar-refractivity contribution in [2.24, 2.45) is 5.92 Å². The number of carbonyl (C=O) groups excluding carboxylic acids is 2. The first kappa shape index (κ1) is 27.9. The fraction of sp³-hybridized carbons (Fsp3) is 0.533. The molecule has 5 rings (SSSR count). The topological polar surface area (TPSA) is 85.4 Å². The van der Waals surface area contributed by atoms with Crippen molar-refractivity contribution < 1.29 is 19.4 Å². The number of amides is 2. The van der Waals surface area contributed by atoms with E-state index in [9.17, 15) is 14.7 Å². The first-order chi connectivity index (χ1) is 18.4. The number of hydrogen-bond donors (Lipinski definition) is 2. The van der Waals surface area contributed by atoms with Crippen molar-refractivity contribution >= 4 is 12.0 Å². The number of benzene rings is 2. The normalized spacial score (nSPS) is 19.9. The van der Waals surface area contributed by atoms with Crippen LogP contribution in [-0.4, -0.2) is 96.8 Å². The van der Waals surface area contributed by atoms with Crippen molar-refractivity contribution in [2.45, 2.75) is 39.2 Å². The molecule has 8 nitrogen and oxygen atoms in total. The molecule has 1 aliphatic carbocycles. The third-order valence-electron chi connectivity index (χ3n) is 7.25. The number of nitrogens with zero attached hydrogens (tertiary/aromatic N) is 3. The summed E-state index contributed by atoms with van der Waals surface area (Å²) >= 11 is 0. The summed E-state index contributed by atoms with van der Waals surface area (Å²) in [6.07, 6.45) is 3.29. The summed E-state index contributed by atoms with van der Waals surface area (Å²) in [6.45, 7) is 11.4. The van der Waals surface area contributed by atoms with Crippen LogP contribution in [0, 0.1) is 5.92 Å². The number of piperazine rings is 2. The van der Waals surface area contributed by atoms with Crippen LogP contribution in [0.5, 0.6) is 5.75 Å². The molecular formula is C30H42N4O4. The third kappa shape index (κ3) is 8.46. The number of rotatable bonds is 6. The Hall–Kier alpha value is -3.10. The van der Waals surface area contributed by atoms with Crippen LogP contribution in [0.2, 0.25) is 0 Å². The number of nitrogens with one attached hydrogen (secondary N) is 1. The molecule has 1 saturated carbocycles. The lowest BCUT2D eigenvalue weighted by Crippen LogP contribution is -2.50. The smallest absolute Gasteiger partial charge is 0.409 e. The quantitative estimate of drug-likeness (QED) is 0.603. The van der Waals surface area contributed by atoms with E-state index >= 15 is 0 Å². The molecule has 1 unspecified atom stereocenters. The maximum absolute atomic E-state index is 12.8. The van der Waals surface area contributed by atoms with E-state index < -0.39 is 0 Å². The largest absolute Gasteiger partial charge is 0.508 e. The van der Waals surface area contributed by atoms with Gasteiger partial charge in [0.1, 0.15) is 5.75 Å². The van der Waals surface area contributed by atoms with Crippen LogP contribution in [-0.2, 0) is 11.2 Å². The molecule has 2 heterocycles. The average Bonchev–Trinajstić information content (AvgIpc) is 3.73. The second kappa shape index (κ2) is 13.6. The van der Waals surface area contributed by atoms with Gasteiger partial charge in [-0.25, -0.2) is 4.79 Å². The summed E-state index contributed by atoms with van der Waals surface area (Å²) in [5, 5.41) is 13.1. The van der Waals surface area contributed by atoms with Gasteiger partial charge in [-0.1, -0.05) is 24.3 Å². The van der Waals surface area contributed by atoms with Gasteiger partial charge in [-0.15, -0.1) is 0 Å². The highest BCUT2D eigenvalue weighted by atomic mass is 16.6. The lowest BCUT2D eigenvalue weighted by molar-refractivity contribution is 0.0570. The highest BCUT2D eigenvalue weighted by Gasteiger charge is 2.26. The van der Waals surface area contributed by atoms with Gasteiger partial charge >= 0.3 is 6.09 Å². The third-order valence-corrected chi connectivity index (χ3v) is 7.25. The standard InChI is InChI=1S/C21H24N2O4.C9H18N2/c1-2-27-21(26)23-11-9-22(10-12-23)20(25)18-7-3-5-16(14-18)13-17-6-4-8-19(24)15-17;1-8-6-11(5-4-10-8)7-9-2-3-9/h3-8,14-15,24H,2,9-13H2,1H3;8-10H,2-7H2,1H3. The minimum atomic E-state index is -0.322. The van der Waals surface area contributed by atoms with Crippen LogP contribution >= 0.6 is 0 Å². The molecular weight excluding hydrogens is 480 g/mol. The Morgan fingerprint density at radius 2 is 1.66 bits per heavy atom. The number of phenols is 1. The molecule has 2 aromatic rings. The van der Waals surface area contributed by atoms with Crippen LogP contribution in [0.1, 0.15) is 48.2 Å². The van der Waals surface area contributed by atoms with Gasteiger partial charge in [0.15, 0.2) is 0 Å². The second-order valence-corrected chi connectivity index (χ2v) is 10.6. The molecule has 1 atom stereocenters. The van der Waals surface area contributed by atoms with Crippen molar-refractivity contribution in [1.29, 1.82) is 0 Å². The molecule has 0 aromatic heterocycles. The molecule has 2 N–H and O–H groups in total. The zero-order chi connectivity index (χ0) is 26.9. The predicted octanol–water partition coefficient (Wildman–Crippen LogP) is 3.59. The van der Waals surface area contributed by atoms with E-state index in [1.165, 1.54) is 39.0 Å². The molecule has 0 bridgehead atoms. The summed E-state index contributed by atoms with van der Waals surface area (Å²) < 4.78 is 5.01. The van der Waals surface area contributed by atoms with Crippen molar-refractivity contribution in [1.82, 2.24) is 20.0 Å². The van der Waals surface area contributed by atoms with Gasteiger partial charge in [0.05, 0.1) is 6.61 Å². The molecule has 38 heavy (non-hydrogen) atoms. The molecule has 2 aromatic carbocycles. The maximum Gasteiger partial charge on any atom is 0.409 e. The van der Waals surface area contributed by atoms with Crippen LogP contribution < -0.4 is 5.32 Å². The Bertz CT molecular complexity index is 1060. The molecule has 2 aliphatic heterocycles. The molecule has 2 amide bonds. The van der Waals surface area contributed by atoms with E-state index in [4.69, 9.17) is 4.74 Å². The van der Waals surface area contributed by atoms with E-state index in [0.717, 1.165) is 17.0 Å². The predicted molar refractivity (Wildman–Crippen MR) is 148 cm³/mol. The highest BCUT2D eigenvalue weighted by molar-refractivity contribution is 5.94. The fourth-order valence-corrected chi connectivity index (χ4v) is 5.05. The van der Waals surface area contributed by atoms with Crippen molar-refractivity contribution in [3.8, 4) is 5.75 Å². The SMILES string of the molecule is CC1CN(CC2CC2)CCN1.CCOC(=O)N1CCN(C(=O)c2cccc(Cc3cccc(O)c3)c2)CC1. The lowest BCUT2D eigenvalue weighted by atomic mass is 10.0. The highest BCUT2D eigenvalue weighted by Crippen LogP contribution is 2.29. The summed E-state index contributed by atoms with van der Waals surface area (Å²) in [6, 6.07) is 15.4. The van der Waals surface area contributed by atoms with Crippen molar-refractivity contribution in [2.75, 3.05) is 59.0 Å². The first-order valence-electron chi connectivity index (χ1n) is 13.9. The Balaban J connectivity index is 0.000000253. The van der Waals surface area contributed by atoms with Gasteiger partial charge in [-0.05, 0) is 74.4 Å². The van der Waals surface area contributed by atoms with Gasteiger partial charge in [0.2, 0.25) is 0 Å². The maximum atomic E-state index is 12.8. The Kier molecular flexibility index (Phi) is 10.0. The second-order valence-electron chi connectivity index (χ2n) is 10.6. The van der Waals surface area contributed by atoms with E-state index in [-0.39, 0.29) is 17.7 Å². The number of ether oxygens (including phenoxy) is 1. The van der Waals surface area contributed by atoms with E-state index in [1.54, 1.807) is 28.9 Å². The lowest BCUT2D eigenvalue weighted by Gasteiger charge is -2.34. The monoisotopic (exact) mass is 522 g/mol.